The highest BCUT2D eigenvalue weighted by atomic mass is 35.5. The first-order chi connectivity index (χ1) is 13.0. The van der Waals surface area contributed by atoms with Crippen LogP contribution in [0.1, 0.15) is 5.76 Å². The SMILES string of the molecule is O=C1S/C(=C/c2ccc(-c3ccccc3Cl)o2)C(=O)N1c1ccccc1F. The van der Waals surface area contributed by atoms with Gasteiger partial charge in [0, 0.05) is 11.6 Å². The van der Waals surface area contributed by atoms with Gasteiger partial charge >= 0.3 is 0 Å². The van der Waals surface area contributed by atoms with Crippen LogP contribution in [0.5, 0.6) is 0 Å². The van der Waals surface area contributed by atoms with Crippen molar-refractivity contribution in [2.24, 2.45) is 0 Å². The lowest BCUT2D eigenvalue weighted by Crippen LogP contribution is -2.28. The van der Waals surface area contributed by atoms with Gasteiger partial charge in [0.15, 0.2) is 0 Å². The van der Waals surface area contributed by atoms with Crippen LogP contribution in [0, 0.1) is 5.82 Å². The molecule has 0 aliphatic carbocycles. The number of halogens is 2. The Morgan fingerprint density at radius 2 is 1.74 bits per heavy atom. The second-order valence-electron chi connectivity index (χ2n) is 5.65. The molecule has 134 valence electrons. The first kappa shape index (κ1) is 17.6. The van der Waals surface area contributed by atoms with Crippen molar-refractivity contribution in [2.45, 2.75) is 0 Å². The Balaban J connectivity index is 1.64. The number of thioether (sulfide) groups is 1. The van der Waals surface area contributed by atoms with Gasteiger partial charge < -0.3 is 4.42 Å². The summed E-state index contributed by atoms with van der Waals surface area (Å²) >= 11 is 6.90. The fourth-order valence-electron chi connectivity index (χ4n) is 2.67. The van der Waals surface area contributed by atoms with Gasteiger partial charge in [-0.1, -0.05) is 35.9 Å². The number of furan rings is 1. The lowest BCUT2D eigenvalue weighted by molar-refractivity contribution is -0.113. The highest BCUT2D eigenvalue weighted by molar-refractivity contribution is 8.19. The third-order valence-electron chi connectivity index (χ3n) is 3.93. The fourth-order valence-corrected chi connectivity index (χ4v) is 3.72. The number of para-hydroxylation sites is 1. The number of imide groups is 1. The molecule has 1 aromatic heterocycles. The topological polar surface area (TPSA) is 50.5 Å². The summed E-state index contributed by atoms with van der Waals surface area (Å²) in [6.07, 6.45) is 1.46. The molecule has 0 saturated carbocycles. The molecule has 1 aliphatic heterocycles. The van der Waals surface area contributed by atoms with Gasteiger partial charge in [-0.2, -0.15) is 0 Å². The summed E-state index contributed by atoms with van der Waals surface area (Å²) in [5.41, 5.74) is 0.651. The van der Waals surface area contributed by atoms with Gasteiger partial charge in [0.25, 0.3) is 11.1 Å². The quantitative estimate of drug-likeness (QED) is 0.508. The average molecular weight is 400 g/mol. The van der Waals surface area contributed by atoms with Crippen molar-refractivity contribution in [3.8, 4) is 11.3 Å². The first-order valence-corrected chi connectivity index (χ1v) is 9.11. The largest absolute Gasteiger partial charge is 0.457 e. The predicted molar refractivity (Wildman–Crippen MR) is 104 cm³/mol. The molecule has 0 unspecified atom stereocenters. The zero-order chi connectivity index (χ0) is 19.0. The lowest BCUT2D eigenvalue weighted by Gasteiger charge is -2.12. The van der Waals surface area contributed by atoms with Crippen molar-refractivity contribution < 1.29 is 18.4 Å². The van der Waals surface area contributed by atoms with Crippen LogP contribution in [-0.2, 0) is 4.79 Å². The van der Waals surface area contributed by atoms with Crippen molar-refractivity contribution in [1.82, 2.24) is 0 Å². The number of amides is 2. The van der Waals surface area contributed by atoms with Crippen molar-refractivity contribution in [1.29, 1.82) is 0 Å². The molecule has 1 fully saturated rings. The van der Waals surface area contributed by atoms with E-state index in [4.69, 9.17) is 16.0 Å². The van der Waals surface area contributed by atoms with Crippen LogP contribution in [0.15, 0.2) is 70.0 Å². The molecule has 4 nitrogen and oxygen atoms in total. The van der Waals surface area contributed by atoms with Gasteiger partial charge in [-0.15, -0.1) is 0 Å². The Morgan fingerprint density at radius 1 is 1.00 bits per heavy atom. The van der Waals surface area contributed by atoms with E-state index in [0.29, 0.717) is 16.5 Å². The molecule has 2 aromatic carbocycles. The van der Waals surface area contributed by atoms with Gasteiger partial charge in [-0.3, -0.25) is 9.59 Å². The van der Waals surface area contributed by atoms with E-state index < -0.39 is 17.0 Å². The maximum Gasteiger partial charge on any atom is 0.298 e. The van der Waals surface area contributed by atoms with E-state index in [0.717, 1.165) is 22.2 Å². The molecular formula is C20H11ClFNO3S. The van der Waals surface area contributed by atoms with Crippen LogP contribution < -0.4 is 4.90 Å². The van der Waals surface area contributed by atoms with E-state index in [-0.39, 0.29) is 10.6 Å². The molecule has 2 amide bonds. The molecule has 27 heavy (non-hydrogen) atoms. The summed E-state index contributed by atoms with van der Waals surface area (Å²) in [6.45, 7) is 0. The van der Waals surface area contributed by atoms with Crippen LogP contribution in [0.25, 0.3) is 17.4 Å². The van der Waals surface area contributed by atoms with Crippen LogP contribution in [0.2, 0.25) is 5.02 Å². The summed E-state index contributed by atoms with van der Waals surface area (Å²) < 4.78 is 19.7. The normalized spacial score (nSPS) is 15.8. The summed E-state index contributed by atoms with van der Waals surface area (Å²) in [7, 11) is 0. The Labute approximate surface area is 163 Å². The summed E-state index contributed by atoms with van der Waals surface area (Å²) in [6, 6.07) is 16.3. The second-order valence-corrected chi connectivity index (χ2v) is 7.05. The number of carbonyl (C=O) groups is 2. The number of carbonyl (C=O) groups excluding carboxylic acids is 2. The Hall–Kier alpha value is -2.83. The summed E-state index contributed by atoms with van der Waals surface area (Å²) in [5.74, 6) is -0.296. The minimum atomic E-state index is -0.639. The molecule has 0 spiro atoms. The van der Waals surface area contributed by atoms with E-state index in [2.05, 4.69) is 0 Å². The zero-order valence-corrected chi connectivity index (χ0v) is 15.3. The molecule has 0 radical (unpaired) electrons. The van der Waals surface area contributed by atoms with Crippen molar-refractivity contribution in [2.75, 3.05) is 4.90 Å². The van der Waals surface area contributed by atoms with E-state index in [9.17, 15) is 14.0 Å². The highest BCUT2D eigenvalue weighted by Crippen LogP contribution is 2.37. The Kier molecular flexibility index (Phi) is 4.59. The van der Waals surface area contributed by atoms with Gasteiger partial charge in [0.1, 0.15) is 17.3 Å². The molecule has 0 N–H and O–H groups in total. The first-order valence-electron chi connectivity index (χ1n) is 7.92. The van der Waals surface area contributed by atoms with Crippen LogP contribution in [0.3, 0.4) is 0 Å². The smallest absolute Gasteiger partial charge is 0.298 e. The van der Waals surface area contributed by atoms with E-state index >= 15 is 0 Å². The maximum absolute atomic E-state index is 14.0. The monoisotopic (exact) mass is 399 g/mol. The van der Waals surface area contributed by atoms with Crippen molar-refractivity contribution in [3.63, 3.8) is 0 Å². The molecule has 1 saturated heterocycles. The fraction of sp³-hybridized carbons (Fsp3) is 0. The number of anilines is 1. The van der Waals surface area contributed by atoms with Gasteiger partial charge in [0.2, 0.25) is 0 Å². The number of benzene rings is 2. The number of rotatable bonds is 3. The molecule has 4 rings (SSSR count). The molecule has 1 aliphatic rings. The van der Waals surface area contributed by atoms with Crippen LogP contribution in [-0.4, -0.2) is 11.1 Å². The minimum Gasteiger partial charge on any atom is -0.457 e. The molecule has 7 heteroatoms. The third kappa shape index (κ3) is 3.29. The lowest BCUT2D eigenvalue weighted by atomic mass is 10.2. The van der Waals surface area contributed by atoms with E-state index in [1.54, 1.807) is 24.3 Å². The molecule has 0 atom stereocenters. The standard InChI is InChI=1S/C20H11ClFNO3S/c21-14-6-2-1-5-13(14)17-10-9-12(26-17)11-18-19(24)23(20(25)27-18)16-8-4-3-7-15(16)22/h1-11H/b18-11+. The number of hydrogen-bond donors (Lipinski definition) is 0. The van der Waals surface area contributed by atoms with Crippen LogP contribution in [0.4, 0.5) is 14.9 Å². The summed E-state index contributed by atoms with van der Waals surface area (Å²) in [4.78, 5) is 25.8. The number of nitrogens with zero attached hydrogens (tertiary/aromatic N) is 1. The molecule has 3 aromatic rings. The van der Waals surface area contributed by atoms with Crippen molar-refractivity contribution in [3.05, 3.63) is 82.2 Å². The maximum atomic E-state index is 14.0. The van der Waals surface area contributed by atoms with Crippen molar-refractivity contribution >= 4 is 46.3 Å². The minimum absolute atomic E-state index is 0.0698. The van der Waals surface area contributed by atoms with E-state index in [1.807, 2.05) is 18.2 Å². The van der Waals surface area contributed by atoms with Gasteiger partial charge in [-0.05, 0) is 48.2 Å². The summed E-state index contributed by atoms with van der Waals surface area (Å²) in [5, 5.41) is -0.0208. The van der Waals surface area contributed by atoms with Crippen LogP contribution >= 0.6 is 23.4 Å². The average Bonchev–Trinajstić information content (AvgIpc) is 3.21. The van der Waals surface area contributed by atoms with Gasteiger partial charge in [0.05, 0.1) is 15.6 Å². The van der Waals surface area contributed by atoms with E-state index in [1.165, 1.54) is 24.3 Å². The molecule has 0 bridgehead atoms. The Morgan fingerprint density at radius 3 is 2.52 bits per heavy atom. The second kappa shape index (κ2) is 7.06. The van der Waals surface area contributed by atoms with Gasteiger partial charge in [-0.25, -0.2) is 9.29 Å². The number of hydrogen-bond acceptors (Lipinski definition) is 4. The Bertz CT molecular complexity index is 1090. The molecule has 2 heterocycles. The highest BCUT2D eigenvalue weighted by Gasteiger charge is 2.37. The molecular weight excluding hydrogens is 389 g/mol. The predicted octanol–water partition coefficient (Wildman–Crippen LogP) is 5.98. The third-order valence-corrected chi connectivity index (χ3v) is 5.13. The zero-order valence-electron chi connectivity index (χ0n) is 13.7.